The second-order valence-corrected chi connectivity index (χ2v) is 6.81. The predicted octanol–water partition coefficient (Wildman–Crippen LogP) is 4.42. The smallest absolute Gasteiger partial charge is 0.255 e. The summed E-state index contributed by atoms with van der Waals surface area (Å²) in [5.41, 5.74) is 2.56. The quantitative estimate of drug-likeness (QED) is 0.635. The molecule has 0 bridgehead atoms. The van der Waals surface area contributed by atoms with Gasteiger partial charge in [0.05, 0.1) is 17.8 Å². The Kier molecular flexibility index (Phi) is 5.75. The molecule has 0 aliphatic heterocycles. The van der Waals surface area contributed by atoms with Gasteiger partial charge in [0.1, 0.15) is 0 Å². The molecule has 1 heterocycles. The van der Waals surface area contributed by atoms with Gasteiger partial charge < -0.3 is 4.90 Å². The van der Waals surface area contributed by atoms with Crippen LogP contribution >= 0.6 is 38.5 Å². The average molecular weight is 459 g/mol. The molecule has 0 aliphatic rings. The minimum Gasteiger partial charge on any atom is -0.333 e. The Bertz CT molecular complexity index is 660. The van der Waals surface area contributed by atoms with E-state index in [1.165, 1.54) is 0 Å². The molecular formula is C16H16BrIN2O. The van der Waals surface area contributed by atoms with E-state index < -0.39 is 0 Å². The number of carbonyl (C=O) groups excluding carboxylic acids is 1. The zero-order valence-corrected chi connectivity index (χ0v) is 15.7. The zero-order valence-electron chi connectivity index (χ0n) is 11.9. The molecule has 1 amide bonds. The summed E-state index contributed by atoms with van der Waals surface area (Å²) in [4.78, 5) is 19.0. The highest BCUT2D eigenvalue weighted by Crippen LogP contribution is 2.21. The van der Waals surface area contributed by atoms with Crippen LogP contribution in [-0.4, -0.2) is 22.3 Å². The average Bonchev–Trinajstić information content (AvgIpc) is 2.46. The van der Waals surface area contributed by atoms with E-state index in [1.807, 2.05) is 50.2 Å². The molecule has 110 valence electrons. The van der Waals surface area contributed by atoms with Gasteiger partial charge in [-0.1, -0.05) is 6.07 Å². The van der Waals surface area contributed by atoms with Gasteiger partial charge in [0.2, 0.25) is 0 Å². The van der Waals surface area contributed by atoms with Gasteiger partial charge in [-0.2, -0.15) is 0 Å². The lowest BCUT2D eigenvalue weighted by atomic mass is 10.2. The molecule has 0 saturated carbocycles. The van der Waals surface area contributed by atoms with E-state index in [4.69, 9.17) is 0 Å². The molecule has 0 aliphatic carbocycles. The van der Waals surface area contributed by atoms with E-state index in [1.54, 1.807) is 4.90 Å². The monoisotopic (exact) mass is 458 g/mol. The van der Waals surface area contributed by atoms with Crippen molar-refractivity contribution in [2.24, 2.45) is 0 Å². The van der Waals surface area contributed by atoms with Crippen LogP contribution in [0.5, 0.6) is 0 Å². The van der Waals surface area contributed by atoms with Crippen molar-refractivity contribution in [3.63, 3.8) is 0 Å². The fraction of sp³-hybridized carbons (Fsp3) is 0.250. The summed E-state index contributed by atoms with van der Waals surface area (Å²) < 4.78 is 1.87. The zero-order chi connectivity index (χ0) is 15.4. The van der Waals surface area contributed by atoms with Gasteiger partial charge in [-0.15, -0.1) is 0 Å². The summed E-state index contributed by atoms with van der Waals surface area (Å²) in [5, 5.41) is 0. The third-order valence-corrected chi connectivity index (χ3v) is 4.49. The van der Waals surface area contributed by atoms with Gasteiger partial charge in [0, 0.05) is 20.3 Å². The van der Waals surface area contributed by atoms with Crippen molar-refractivity contribution < 1.29 is 4.79 Å². The maximum atomic E-state index is 12.7. The van der Waals surface area contributed by atoms with Crippen LogP contribution in [0.4, 0.5) is 0 Å². The number of hydrogen-bond donors (Lipinski definition) is 0. The Balaban J connectivity index is 2.24. The van der Waals surface area contributed by atoms with E-state index in [0.29, 0.717) is 18.7 Å². The van der Waals surface area contributed by atoms with Gasteiger partial charge in [0.15, 0.2) is 0 Å². The molecular weight excluding hydrogens is 443 g/mol. The van der Waals surface area contributed by atoms with Crippen LogP contribution in [0.15, 0.2) is 40.9 Å². The van der Waals surface area contributed by atoms with Crippen molar-refractivity contribution >= 4 is 44.4 Å². The van der Waals surface area contributed by atoms with Crippen LogP contribution in [-0.2, 0) is 6.54 Å². The minimum atomic E-state index is 0.0196. The largest absolute Gasteiger partial charge is 0.333 e. The number of nitrogens with zero attached hydrogens (tertiary/aromatic N) is 2. The first kappa shape index (κ1) is 16.4. The maximum Gasteiger partial charge on any atom is 0.255 e. The van der Waals surface area contributed by atoms with Crippen LogP contribution in [0.3, 0.4) is 0 Å². The lowest BCUT2D eigenvalue weighted by Gasteiger charge is -2.21. The highest BCUT2D eigenvalue weighted by atomic mass is 127. The van der Waals surface area contributed by atoms with Gasteiger partial charge in [-0.3, -0.25) is 9.78 Å². The Morgan fingerprint density at radius 2 is 2.10 bits per heavy atom. The molecule has 0 saturated heterocycles. The fourth-order valence-electron chi connectivity index (χ4n) is 2.04. The molecule has 0 atom stereocenters. The highest BCUT2D eigenvalue weighted by Gasteiger charge is 2.18. The standard InChI is InChI=1S/C16H16BrIN2O/c1-3-20(10-13-6-4-5-11(2)19-13)16(21)14-9-12(18)7-8-15(14)17/h4-9H,3,10H2,1-2H3. The summed E-state index contributed by atoms with van der Waals surface area (Å²) >= 11 is 5.67. The molecule has 3 nitrogen and oxygen atoms in total. The summed E-state index contributed by atoms with van der Waals surface area (Å²) in [6, 6.07) is 11.7. The van der Waals surface area contributed by atoms with Gasteiger partial charge >= 0.3 is 0 Å². The minimum absolute atomic E-state index is 0.0196. The Hall–Kier alpha value is -0.950. The summed E-state index contributed by atoms with van der Waals surface area (Å²) in [6.07, 6.45) is 0. The number of amides is 1. The SMILES string of the molecule is CCN(Cc1cccc(C)n1)C(=O)c1cc(I)ccc1Br. The topological polar surface area (TPSA) is 33.2 Å². The van der Waals surface area contributed by atoms with Crippen LogP contribution in [0, 0.1) is 10.5 Å². The van der Waals surface area contributed by atoms with E-state index in [-0.39, 0.29) is 5.91 Å². The van der Waals surface area contributed by atoms with Crippen LogP contribution in [0.2, 0.25) is 0 Å². The third kappa shape index (κ3) is 4.26. The first-order valence-electron chi connectivity index (χ1n) is 6.68. The fourth-order valence-corrected chi connectivity index (χ4v) is 2.95. The Labute approximate surface area is 147 Å². The van der Waals surface area contributed by atoms with Gasteiger partial charge in [-0.05, 0) is 82.7 Å². The number of carbonyl (C=O) groups is 1. The number of rotatable bonds is 4. The Morgan fingerprint density at radius 3 is 2.76 bits per heavy atom. The van der Waals surface area contributed by atoms with Crippen LogP contribution in [0.25, 0.3) is 0 Å². The first-order chi connectivity index (χ1) is 10.0. The second kappa shape index (κ2) is 7.35. The molecule has 0 spiro atoms. The molecule has 1 aromatic carbocycles. The summed E-state index contributed by atoms with van der Waals surface area (Å²) in [5.74, 6) is 0.0196. The van der Waals surface area contributed by atoms with E-state index in [0.717, 1.165) is 19.4 Å². The second-order valence-electron chi connectivity index (χ2n) is 4.71. The molecule has 0 N–H and O–H groups in total. The van der Waals surface area contributed by atoms with Gasteiger partial charge in [-0.25, -0.2) is 0 Å². The number of benzene rings is 1. The maximum absolute atomic E-state index is 12.7. The number of hydrogen-bond acceptors (Lipinski definition) is 2. The van der Waals surface area contributed by atoms with Crippen LogP contribution < -0.4 is 0 Å². The van der Waals surface area contributed by atoms with Crippen LogP contribution in [0.1, 0.15) is 28.7 Å². The summed E-state index contributed by atoms with van der Waals surface area (Å²) in [7, 11) is 0. The van der Waals surface area contributed by atoms with Crippen molar-refractivity contribution in [2.75, 3.05) is 6.54 Å². The molecule has 21 heavy (non-hydrogen) atoms. The normalized spacial score (nSPS) is 10.5. The molecule has 1 aromatic heterocycles. The molecule has 5 heteroatoms. The molecule has 0 fully saturated rings. The number of aromatic nitrogens is 1. The molecule has 2 rings (SSSR count). The summed E-state index contributed by atoms with van der Waals surface area (Å²) in [6.45, 7) is 5.11. The molecule has 0 radical (unpaired) electrons. The van der Waals surface area contributed by atoms with Crippen molar-refractivity contribution in [3.05, 3.63) is 61.4 Å². The van der Waals surface area contributed by atoms with E-state index in [2.05, 4.69) is 43.5 Å². The predicted molar refractivity (Wildman–Crippen MR) is 96.2 cm³/mol. The number of aryl methyl sites for hydroxylation is 1. The first-order valence-corrected chi connectivity index (χ1v) is 8.55. The van der Waals surface area contributed by atoms with Crippen molar-refractivity contribution in [1.82, 2.24) is 9.88 Å². The van der Waals surface area contributed by atoms with Crippen molar-refractivity contribution in [2.45, 2.75) is 20.4 Å². The van der Waals surface area contributed by atoms with E-state index >= 15 is 0 Å². The highest BCUT2D eigenvalue weighted by molar-refractivity contribution is 14.1. The lowest BCUT2D eigenvalue weighted by Crippen LogP contribution is -2.31. The van der Waals surface area contributed by atoms with Crippen molar-refractivity contribution in [1.29, 1.82) is 0 Å². The Morgan fingerprint density at radius 1 is 1.33 bits per heavy atom. The number of halogens is 2. The van der Waals surface area contributed by atoms with Gasteiger partial charge in [0.25, 0.3) is 5.91 Å². The number of pyridine rings is 1. The van der Waals surface area contributed by atoms with E-state index in [9.17, 15) is 4.79 Å². The lowest BCUT2D eigenvalue weighted by molar-refractivity contribution is 0.0749. The molecule has 0 unspecified atom stereocenters. The molecule has 2 aromatic rings. The van der Waals surface area contributed by atoms with Crippen molar-refractivity contribution in [3.8, 4) is 0 Å². The third-order valence-electron chi connectivity index (χ3n) is 3.13.